The Labute approximate surface area is 73.0 Å². The molecule has 0 unspecified atom stereocenters. The van der Waals surface area contributed by atoms with Gasteiger partial charge < -0.3 is 0 Å². The van der Waals surface area contributed by atoms with Gasteiger partial charge in [-0.15, -0.1) is 0 Å². The van der Waals surface area contributed by atoms with E-state index in [2.05, 4.69) is 13.2 Å². The Kier molecular flexibility index (Phi) is 4.93. The Balaban J connectivity index is 3.57. The van der Waals surface area contributed by atoms with Gasteiger partial charge in [0.05, 0.1) is 0 Å². The maximum atomic E-state index is 10.9. The van der Waals surface area contributed by atoms with Crippen LogP contribution in [0.5, 0.6) is 0 Å². The first-order valence-electron chi connectivity index (χ1n) is 3.73. The van der Waals surface area contributed by atoms with Crippen molar-refractivity contribution in [2.45, 2.75) is 19.8 Å². The average Bonchev–Trinajstić information content (AvgIpc) is 2.03. The van der Waals surface area contributed by atoms with Gasteiger partial charge in [0, 0.05) is 12.8 Å². The highest BCUT2D eigenvalue weighted by Crippen LogP contribution is 2.01. The molecule has 2 heteroatoms. The lowest BCUT2D eigenvalue weighted by molar-refractivity contribution is -0.115. The molecule has 0 bridgehead atoms. The Morgan fingerprint density at radius 1 is 1.33 bits per heavy atom. The van der Waals surface area contributed by atoms with Crippen LogP contribution in [0.15, 0.2) is 24.8 Å². The van der Waals surface area contributed by atoms with Crippen LogP contribution in [0.1, 0.15) is 19.8 Å². The summed E-state index contributed by atoms with van der Waals surface area (Å²) in [5, 5.41) is 0. The summed E-state index contributed by atoms with van der Waals surface area (Å²) in [7, 11) is 0. The molecule has 0 aromatic rings. The number of Topliss-reactive ketones (excluding diaryl/α,β-unsaturated/α-hetero) is 1. The number of hydrogen-bond acceptors (Lipinski definition) is 2. The van der Waals surface area contributed by atoms with Crippen LogP contribution in [0.3, 0.4) is 0 Å². The minimum Gasteiger partial charge on any atom is -0.295 e. The summed E-state index contributed by atoms with van der Waals surface area (Å²) in [6.07, 6.45) is 3.46. The van der Waals surface area contributed by atoms with Crippen molar-refractivity contribution in [1.29, 1.82) is 0 Å². The minimum atomic E-state index is -0.0653. The number of hydrogen-bond donors (Lipinski definition) is 0. The molecule has 12 heavy (non-hydrogen) atoms. The van der Waals surface area contributed by atoms with Crippen LogP contribution in [-0.4, -0.2) is 11.6 Å². The molecule has 0 saturated carbocycles. The Morgan fingerprint density at radius 3 is 2.33 bits per heavy atom. The van der Waals surface area contributed by atoms with Gasteiger partial charge in [-0.05, 0) is 25.0 Å². The Bertz CT molecular complexity index is 214. The molecule has 0 aromatic heterocycles. The van der Waals surface area contributed by atoms with E-state index in [-0.39, 0.29) is 24.4 Å². The van der Waals surface area contributed by atoms with Crippen molar-refractivity contribution in [2.24, 2.45) is 0 Å². The SMILES string of the molecule is C=CC(=O)C[CH]CC(=O)C(=C)C. The number of carbonyl (C=O) groups is 2. The van der Waals surface area contributed by atoms with Crippen molar-refractivity contribution < 1.29 is 9.59 Å². The first-order chi connectivity index (χ1) is 5.57. The number of rotatable bonds is 6. The fraction of sp³-hybridized carbons (Fsp3) is 0.300. The van der Waals surface area contributed by atoms with Crippen molar-refractivity contribution in [3.63, 3.8) is 0 Å². The summed E-state index contributed by atoms with van der Waals surface area (Å²) in [4.78, 5) is 21.6. The second-order valence-electron chi connectivity index (χ2n) is 2.57. The van der Waals surface area contributed by atoms with E-state index >= 15 is 0 Å². The molecule has 0 spiro atoms. The maximum absolute atomic E-state index is 10.9. The lowest BCUT2D eigenvalue weighted by Gasteiger charge is -1.96. The number of allylic oxidation sites excluding steroid dienone is 2. The van der Waals surface area contributed by atoms with E-state index in [0.717, 1.165) is 0 Å². The third-order valence-corrected chi connectivity index (χ3v) is 1.38. The molecule has 0 aliphatic rings. The second kappa shape index (κ2) is 5.47. The largest absolute Gasteiger partial charge is 0.295 e. The standard InChI is InChI=1S/C10H13O2/c1-4-9(11)6-5-7-10(12)8(2)3/h4-5H,1-2,6-7H2,3H3. The lowest BCUT2D eigenvalue weighted by atomic mass is 10.1. The van der Waals surface area contributed by atoms with Crippen LogP contribution < -0.4 is 0 Å². The zero-order chi connectivity index (χ0) is 9.56. The summed E-state index contributed by atoms with van der Waals surface area (Å²) in [5.74, 6) is -0.0867. The highest BCUT2D eigenvalue weighted by molar-refractivity contribution is 5.96. The van der Waals surface area contributed by atoms with Gasteiger partial charge in [0.2, 0.25) is 0 Å². The zero-order valence-electron chi connectivity index (χ0n) is 7.30. The topological polar surface area (TPSA) is 34.1 Å². The van der Waals surface area contributed by atoms with Gasteiger partial charge in [-0.2, -0.15) is 0 Å². The molecule has 0 rings (SSSR count). The van der Waals surface area contributed by atoms with Crippen molar-refractivity contribution in [1.82, 2.24) is 0 Å². The summed E-state index contributed by atoms with van der Waals surface area (Å²) in [5.41, 5.74) is 0.525. The van der Waals surface area contributed by atoms with Gasteiger partial charge in [-0.3, -0.25) is 9.59 Å². The van der Waals surface area contributed by atoms with Gasteiger partial charge in [0.15, 0.2) is 11.6 Å². The van der Waals surface area contributed by atoms with Crippen molar-refractivity contribution >= 4 is 11.6 Å². The molecule has 0 amide bonds. The van der Waals surface area contributed by atoms with E-state index in [4.69, 9.17) is 0 Å². The molecule has 0 atom stereocenters. The van der Waals surface area contributed by atoms with E-state index < -0.39 is 0 Å². The zero-order valence-corrected chi connectivity index (χ0v) is 7.30. The van der Waals surface area contributed by atoms with Crippen molar-refractivity contribution in [3.8, 4) is 0 Å². The normalized spacial score (nSPS) is 9.08. The Hall–Kier alpha value is -1.18. The molecule has 0 aliphatic carbocycles. The highest BCUT2D eigenvalue weighted by atomic mass is 16.1. The molecule has 1 radical (unpaired) electrons. The maximum Gasteiger partial charge on any atom is 0.158 e. The predicted octanol–water partition coefficient (Wildman–Crippen LogP) is 1.87. The van der Waals surface area contributed by atoms with Crippen LogP contribution in [-0.2, 0) is 9.59 Å². The van der Waals surface area contributed by atoms with E-state index in [1.807, 2.05) is 0 Å². The third kappa shape index (κ3) is 4.61. The number of ketones is 2. The minimum absolute atomic E-state index is 0.0214. The quantitative estimate of drug-likeness (QED) is 0.563. The molecule has 0 aromatic carbocycles. The molecule has 65 valence electrons. The summed E-state index contributed by atoms with van der Waals surface area (Å²) in [6.45, 7) is 8.48. The molecule has 0 saturated heterocycles. The van der Waals surface area contributed by atoms with Crippen molar-refractivity contribution in [3.05, 3.63) is 31.2 Å². The first-order valence-corrected chi connectivity index (χ1v) is 3.73. The van der Waals surface area contributed by atoms with Crippen LogP contribution in [0, 0.1) is 6.42 Å². The van der Waals surface area contributed by atoms with E-state index in [1.54, 1.807) is 13.3 Å². The van der Waals surface area contributed by atoms with Gasteiger partial charge in [0.25, 0.3) is 0 Å². The van der Waals surface area contributed by atoms with Gasteiger partial charge in [-0.1, -0.05) is 13.2 Å². The molecule has 0 N–H and O–H groups in total. The van der Waals surface area contributed by atoms with Crippen molar-refractivity contribution in [2.75, 3.05) is 0 Å². The molecule has 0 fully saturated rings. The fourth-order valence-electron chi connectivity index (χ4n) is 0.603. The predicted molar refractivity (Wildman–Crippen MR) is 48.6 cm³/mol. The summed E-state index contributed by atoms with van der Waals surface area (Å²) >= 11 is 0. The highest BCUT2D eigenvalue weighted by Gasteiger charge is 2.03. The Morgan fingerprint density at radius 2 is 1.92 bits per heavy atom. The van der Waals surface area contributed by atoms with Gasteiger partial charge in [0.1, 0.15) is 0 Å². The van der Waals surface area contributed by atoms with E-state index in [0.29, 0.717) is 5.57 Å². The third-order valence-electron chi connectivity index (χ3n) is 1.38. The molecular weight excluding hydrogens is 152 g/mol. The smallest absolute Gasteiger partial charge is 0.158 e. The van der Waals surface area contributed by atoms with Gasteiger partial charge in [-0.25, -0.2) is 0 Å². The van der Waals surface area contributed by atoms with Crippen LogP contribution in [0.25, 0.3) is 0 Å². The lowest BCUT2D eigenvalue weighted by Crippen LogP contribution is -2.00. The fourth-order valence-corrected chi connectivity index (χ4v) is 0.603. The molecular formula is C10H13O2. The van der Waals surface area contributed by atoms with E-state index in [1.165, 1.54) is 6.08 Å². The van der Waals surface area contributed by atoms with Crippen LogP contribution >= 0.6 is 0 Å². The van der Waals surface area contributed by atoms with E-state index in [9.17, 15) is 9.59 Å². The van der Waals surface area contributed by atoms with Crippen LogP contribution in [0.4, 0.5) is 0 Å². The molecule has 0 heterocycles. The van der Waals surface area contributed by atoms with Crippen LogP contribution in [0.2, 0.25) is 0 Å². The average molecular weight is 165 g/mol. The van der Waals surface area contributed by atoms with Gasteiger partial charge >= 0.3 is 0 Å². The summed E-state index contributed by atoms with van der Waals surface area (Å²) < 4.78 is 0. The summed E-state index contributed by atoms with van der Waals surface area (Å²) in [6, 6.07) is 0. The first kappa shape index (κ1) is 10.8. The second-order valence-corrected chi connectivity index (χ2v) is 2.57. The molecule has 0 aliphatic heterocycles. The molecule has 2 nitrogen and oxygen atoms in total. The number of carbonyl (C=O) groups excluding carboxylic acids is 2. The monoisotopic (exact) mass is 165 g/mol.